The van der Waals surface area contributed by atoms with Crippen molar-refractivity contribution >= 4 is 53.7 Å². The molecule has 0 bridgehead atoms. The van der Waals surface area contributed by atoms with Crippen LogP contribution >= 0.6 is 47.8 Å². The first-order valence-corrected chi connectivity index (χ1v) is 9.34. The summed E-state index contributed by atoms with van der Waals surface area (Å²) < 4.78 is 0. The largest absolute Gasteiger partial charge is 0.339 e. The van der Waals surface area contributed by atoms with Gasteiger partial charge < -0.3 is 10.6 Å². The highest BCUT2D eigenvalue weighted by Crippen LogP contribution is 2.33. The van der Waals surface area contributed by atoms with Crippen LogP contribution in [0.2, 0.25) is 5.02 Å². The predicted octanol–water partition coefficient (Wildman–Crippen LogP) is 3.90. The second-order valence-electron chi connectivity index (χ2n) is 6.14. The molecule has 2 aromatic rings. The van der Waals surface area contributed by atoms with Gasteiger partial charge in [-0.05, 0) is 25.1 Å². The summed E-state index contributed by atoms with van der Waals surface area (Å²) in [5.41, 5.74) is 6.77. The second kappa shape index (κ2) is 10.5. The molecule has 1 fully saturated rings. The van der Waals surface area contributed by atoms with Gasteiger partial charge in [0.05, 0.1) is 6.04 Å². The first kappa shape index (κ1) is 23.2. The van der Waals surface area contributed by atoms with Crippen LogP contribution in [0.25, 0.3) is 10.4 Å². The zero-order valence-electron chi connectivity index (χ0n) is 14.6. The van der Waals surface area contributed by atoms with Gasteiger partial charge in [-0.25, -0.2) is 0 Å². The van der Waals surface area contributed by atoms with Crippen molar-refractivity contribution in [3.05, 3.63) is 46.3 Å². The molecule has 4 nitrogen and oxygen atoms in total. The third-order valence-electron chi connectivity index (χ3n) is 4.25. The van der Waals surface area contributed by atoms with Crippen molar-refractivity contribution in [3.63, 3.8) is 0 Å². The van der Waals surface area contributed by atoms with E-state index in [4.69, 9.17) is 17.3 Å². The van der Waals surface area contributed by atoms with Crippen molar-refractivity contribution in [2.24, 2.45) is 5.73 Å². The van der Waals surface area contributed by atoms with Crippen LogP contribution in [0, 0.1) is 0 Å². The van der Waals surface area contributed by atoms with Gasteiger partial charge in [0.15, 0.2) is 0 Å². The van der Waals surface area contributed by atoms with Crippen molar-refractivity contribution < 1.29 is 4.79 Å². The van der Waals surface area contributed by atoms with E-state index in [1.54, 1.807) is 18.3 Å². The molecule has 0 spiro atoms. The van der Waals surface area contributed by atoms with Crippen molar-refractivity contribution in [1.29, 1.82) is 0 Å². The minimum absolute atomic E-state index is 0. The predicted molar refractivity (Wildman–Crippen MR) is 115 cm³/mol. The highest BCUT2D eigenvalue weighted by Gasteiger charge is 2.23. The standard InChI is InChI=1S/C18H22ClN3OS.2ClH/c1-13(20)18(23)22-10-8-21(9-11-22)12-14-6-7-17(24-14)15-4-2-3-5-16(15)19;;/h2-7,13H,8-12,20H2,1H3;2*1H. The van der Waals surface area contributed by atoms with E-state index in [0.29, 0.717) is 0 Å². The Labute approximate surface area is 176 Å². The van der Waals surface area contributed by atoms with Gasteiger partial charge in [-0.2, -0.15) is 0 Å². The molecule has 0 saturated carbocycles. The van der Waals surface area contributed by atoms with Crippen LogP contribution in [-0.4, -0.2) is 47.9 Å². The van der Waals surface area contributed by atoms with Crippen molar-refractivity contribution in [2.45, 2.75) is 19.5 Å². The Kier molecular flexibility index (Phi) is 9.38. The average Bonchev–Trinajstić information content (AvgIpc) is 3.03. The number of nitrogens with two attached hydrogens (primary N) is 1. The first-order chi connectivity index (χ1) is 11.5. The number of amides is 1. The molecule has 1 aliphatic rings. The van der Waals surface area contributed by atoms with Gasteiger partial charge in [-0.1, -0.05) is 29.8 Å². The van der Waals surface area contributed by atoms with Gasteiger partial charge in [0.2, 0.25) is 5.91 Å². The number of rotatable bonds is 4. The minimum atomic E-state index is -0.410. The van der Waals surface area contributed by atoms with E-state index in [-0.39, 0.29) is 30.7 Å². The Balaban J connectivity index is 0.00000169. The summed E-state index contributed by atoms with van der Waals surface area (Å²) >= 11 is 8.06. The van der Waals surface area contributed by atoms with Crippen LogP contribution in [-0.2, 0) is 11.3 Å². The number of nitrogens with zero attached hydrogens (tertiary/aromatic N) is 2. The van der Waals surface area contributed by atoms with E-state index < -0.39 is 6.04 Å². The smallest absolute Gasteiger partial charge is 0.239 e. The SMILES string of the molecule is CC(N)C(=O)N1CCN(Cc2ccc(-c3ccccc3Cl)s2)CC1.Cl.Cl. The van der Waals surface area contributed by atoms with Gasteiger partial charge in [0.25, 0.3) is 0 Å². The van der Waals surface area contributed by atoms with Gasteiger partial charge in [0.1, 0.15) is 0 Å². The maximum atomic E-state index is 11.9. The van der Waals surface area contributed by atoms with Crippen LogP contribution in [0.4, 0.5) is 0 Å². The number of benzene rings is 1. The van der Waals surface area contributed by atoms with Crippen LogP contribution in [0.3, 0.4) is 0 Å². The van der Waals surface area contributed by atoms with E-state index in [2.05, 4.69) is 23.1 Å². The third-order valence-corrected chi connectivity index (χ3v) is 5.69. The minimum Gasteiger partial charge on any atom is -0.339 e. The van der Waals surface area contributed by atoms with Crippen molar-refractivity contribution in [1.82, 2.24) is 9.80 Å². The lowest BCUT2D eigenvalue weighted by atomic mass is 10.2. The maximum absolute atomic E-state index is 11.9. The molecule has 1 aromatic carbocycles. The first-order valence-electron chi connectivity index (χ1n) is 8.15. The van der Waals surface area contributed by atoms with E-state index >= 15 is 0 Å². The van der Waals surface area contributed by atoms with Crippen LogP contribution in [0.5, 0.6) is 0 Å². The lowest BCUT2D eigenvalue weighted by Crippen LogP contribution is -2.52. The molecule has 26 heavy (non-hydrogen) atoms. The molecule has 8 heteroatoms. The summed E-state index contributed by atoms with van der Waals surface area (Å²) in [4.78, 5) is 18.7. The molecule has 2 heterocycles. The Morgan fingerprint density at radius 2 is 1.81 bits per heavy atom. The molecular weight excluding hydrogens is 413 g/mol. The summed E-state index contributed by atoms with van der Waals surface area (Å²) in [7, 11) is 0. The zero-order valence-corrected chi connectivity index (χ0v) is 17.8. The molecule has 1 saturated heterocycles. The molecule has 0 radical (unpaired) electrons. The van der Waals surface area contributed by atoms with Gasteiger partial charge >= 0.3 is 0 Å². The van der Waals surface area contributed by atoms with E-state index in [9.17, 15) is 4.79 Å². The Morgan fingerprint density at radius 1 is 1.15 bits per heavy atom. The number of carbonyl (C=O) groups excluding carboxylic acids is 1. The molecule has 1 aromatic heterocycles. The number of hydrogen-bond donors (Lipinski definition) is 1. The fourth-order valence-electron chi connectivity index (χ4n) is 2.90. The third kappa shape index (κ3) is 5.59. The zero-order chi connectivity index (χ0) is 17.1. The summed E-state index contributed by atoms with van der Waals surface area (Å²) in [5, 5.41) is 0.786. The Hall–Kier alpha value is -0.820. The van der Waals surface area contributed by atoms with Crippen molar-refractivity contribution in [2.75, 3.05) is 26.2 Å². The maximum Gasteiger partial charge on any atom is 0.239 e. The summed E-state index contributed by atoms with van der Waals surface area (Å²) in [5.74, 6) is 0.0479. The molecule has 1 aliphatic heterocycles. The number of thiophene rings is 1. The van der Waals surface area contributed by atoms with E-state index in [1.165, 1.54) is 9.75 Å². The molecule has 0 aliphatic carbocycles. The number of piperazine rings is 1. The van der Waals surface area contributed by atoms with Crippen LogP contribution in [0.15, 0.2) is 36.4 Å². The van der Waals surface area contributed by atoms with Crippen LogP contribution < -0.4 is 5.73 Å². The summed E-state index contributed by atoms with van der Waals surface area (Å²) in [6, 6.07) is 11.8. The van der Waals surface area contributed by atoms with Crippen LogP contribution in [0.1, 0.15) is 11.8 Å². The summed E-state index contributed by atoms with van der Waals surface area (Å²) in [6.07, 6.45) is 0. The molecule has 1 unspecified atom stereocenters. The molecule has 144 valence electrons. The highest BCUT2D eigenvalue weighted by atomic mass is 35.5. The number of hydrogen-bond acceptors (Lipinski definition) is 4. The van der Waals surface area contributed by atoms with Gasteiger partial charge in [0, 0.05) is 53.1 Å². The fourth-order valence-corrected chi connectivity index (χ4v) is 4.29. The monoisotopic (exact) mass is 435 g/mol. The number of carbonyl (C=O) groups is 1. The lowest BCUT2D eigenvalue weighted by molar-refractivity contribution is -0.134. The van der Waals surface area contributed by atoms with Gasteiger partial charge in [-0.3, -0.25) is 9.69 Å². The van der Waals surface area contributed by atoms with E-state index in [0.717, 1.165) is 43.3 Å². The quantitative estimate of drug-likeness (QED) is 0.790. The topological polar surface area (TPSA) is 49.6 Å². The normalized spacial score (nSPS) is 15.7. The average molecular weight is 437 g/mol. The molecule has 2 N–H and O–H groups in total. The Morgan fingerprint density at radius 3 is 2.42 bits per heavy atom. The van der Waals surface area contributed by atoms with E-state index in [1.807, 2.05) is 23.1 Å². The molecular formula is C18H24Cl3N3OS. The summed E-state index contributed by atoms with van der Waals surface area (Å²) in [6.45, 7) is 5.94. The van der Waals surface area contributed by atoms with Crippen molar-refractivity contribution in [3.8, 4) is 10.4 Å². The molecule has 1 atom stereocenters. The molecule has 3 rings (SSSR count). The lowest BCUT2D eigenvalue weighted by Gasteiger charge is -2.35. The molecule has 1 amide bonds. The van der Waals surface area contributed by atoms with Gasteiger partial charge in [-0.15, -0.1) is 36.2 Å². The highest BCUT2D eigenvalue weighted by molar-refractivity contribution is 7.15. The Bertz CT molecular complexity index is 715. The fraction of sp³-hybridized carbons (Fsp3) is 0.389. The number of halogens is 3. The second-order valence-corrected chi connectivity index (χ2v) is 7.71.